The van der Waals surface area contributed by atoms with Gasteiger partial charge in [0.2, 0.25) is 5.91 Å². The Labute approximate surface area is 155 Å². The molecule has 0 aromatic heterocycles. The SMILES string of the molecule is COc1ccc(CCCN(C(=O)CSC)C2=CCCCC2)cc1OC. The molecule has 1 aliphatic rings. The third kappa shape index (κ3) is 5.70. The van der Waals surface area contributed by atoms with E-state index in [0.29, 0.717) is 5.75 Å². The summed E-state index contributed by atoms with van der Waals surface area (Å²) in [4.78, 5) is 14.5. The largest absolute Gasteiger partial charge is 0.493 e. The minimum atomic E-state index is 0.230. The molecule has 25 heavy (non-hydrogen) atoms. The maximum absolute atomic E-state index is 12.5. The number of aryl methyl sites for hydroxylation is 1. The van der Waals surface area contributed by atoms with Crippen molar-refractivity contribution in [2.75, 3.05) is 32.8 Å². The smallest absolute Gasteiger partial charge is 0.236 e. The van der Waals surface area contributed by atoms with E-state index in [2.05, 4.69) is 12.1 Å². The van der Waals surface area contributed by atoms with Crippen LogP contribution in [-0.4, -0.2) is 43.6 Å². The summed E-state index contributed by atoms with van der Waals surface area (Å²) in [7, 11) is 3.30. The van der Waals surface area contributed by atoms with Gasteiger partial charge in [0.15, 0.2) is 11.5 Å². The Hall–Kier alpha value is -1.62. The molecule has 0 fully saturated rings. The van der Waals surface area contributed by atoms with Gasteiger partial charge in [-0.25, -0.2) is 0 Å². The molecule has 0 aliphatic heterocycles. The number of nitrogens with zero attached hydrogens (tertiary/aromatic N) is 1. The van der Waals surface area contributed by atoms with E-state index in [1.807, 2.05) is 23.3 Å². The highest BCUT2D eigenvalue weighted by atomic mass is 32.2. The summed E-state index contributed by atoms with van der Waals surface area (Å²) in [6.07, 6.45) is 10.6. The molecule has 0 unspecified atom stereocenters. The second-order valence-electron chi connectivity index (χ2n) is 6.21. The van der Waals surface area contributed by atoms with Crippen molar-refractivity contribution in [3.8, 4) is 11.5 Å². The molecule has 138 valence electrons. The number of rotatable bonds is 9. The first-order valence-electron chi connectivity index (χ1n) is 8.88. The van der Waals surface area contributed by atoms with Crippen LogP contribution in [0.5, 0.6) is 11.5 Å². The maximum atomic E-state index is 12.5. The first-order chi connectivity index (χ1) is 12.2. The third-order valence-electron chi connectivity index (χ3n) is 4.48. The third-order valence-corrected chi connectivity index (χ3v) is 5.01. The molecule has 1 amide bonds. The molecule has 0 heterocycles. The van der Waals surface area contributed by atoms with Gasteiger partial charge in [0, 0.05) is 12.2 Å². The van der Waals surface area contributed by atoms with Crippen LogP contribution in [0.4, 0.5) is 0 Å². The number of thioether (sulfide) groups is 1. The van der Waals surface area contributed by atoms with Crippen molar-refractivity contribution in [3.05, 3.63) is 35.5 Å². The van der Waals surface area contributed by atoms with E-state index in [-0.39, 0.29) is 5.91 Å². The van der Waals surface area contributed by atoms with Crippen LogP contribution >= 0.6 is 11.8 Å². The molecular formula is C20H29NO3S. The Balaban J connectivity index is 1.98. The van der Waals surface area contributed by atoms with Gasteiger partial charge in [-0.05, 0) is 62.5 Å². The van der Waals surface area contributed by atoms with E-state index in [4.69, 9.17) is 9.47 Å². The monoisotopic (exact) mass is 363 g/mol. The van der Waals surface area contributed by atoms with Crippen LogP contribution in [0, 0.1) is 0 Å². The van der Waals surface area contributed by atoms with E-state index in [0.717, 1.165) is 43.7 Å². The van der Waals surface area contributed by atoms with Gasteiger partial charge in [0.25, 0.3) is 0 Å². The fraction of sp³-hybridized carbons (Fsp3) is 0.550. The molecule has 0 saturated heterocycles. The highest BCUT2D eigenvalue weighted by molar-refractivity contribution is 7.99. The minimum absolute atomic E-state index is 0.230. The molecule has 0 bridgehead atoms. The molecule has 2 rings (SSSR count). The molecule has 0 N–H and O–H groups in total. The van der Waals surface area contributed by atoms with Crippen LogP contribution in [0.2, 0.25) is 0 Å². The number of hydrogen-bond donors (Lipinski definition) is 0. The van der Waals surface area contributed by atoms with E-state index in [1.54, 1.807) is 26.0 Å². The van der Waals surface area contributed by atoms with Crippen molar-refractivity contribution >= 4 is 17.7 Å². The van der Waals surface area contributed by atoms with E-state index in [1.165, 1.54) is 24.1 Å². The van der Waals surface area contributed by atoms with Crippen molar-refractivity contribution in [1.82, 2.24) is 4.90 Å². The number of carbonyl (C=O) groups is 1. The molecule has 0 atom stereocenters. The fourth-order valence-electron chi connectivity index (χ4n) is 3.17. The predicted octanol–water partition coefficient (Wildman–Crippen LogP) is 4.29. The van der Waals surface area contributed by atoms with Crippen molar-refractivity contribution in [3.63, 3.8) is 0 Å². The van der Waals surface area contributed by atoms with Crippen LogP contribution in [0.15, 0.2) is 30.0 Å². The fourth-order valence-corrected chi connectivity index (χ4v) is 3.58. The lowest BCUT2D eigenvalue weighted by molar-refractivity contribution is -0.126. The molecule has 0 saturated carbocycles. The predicted molar refractivity (Wildman–Crippen MR) is 105 cm³/mol. The van der Waals surface area contributed by atoms with Gasteiger partial charge in [-0.3, -0.25) is 4.79 Å². The Kier molecular flexibility index (Phi) is 8.19. The number of ether oxygens (including phenoxy) is 2. The molecule has 0 spiro atoms. The number of benzene rings is 1. The summed E-state index contributed by atoms with van der Waals surface area (Å²) in [5.41, 5.74) is 2.42. The highest BCUT2D eigenvalue weighted by Gasteiger charge is 2.18. The Morgan fingerprint density at radius 1 is 1.20 bits per heavy atom. The van der Waals surface area contributed by atoms with E-state index in [9.17, 15) is 4.79 Å². The average Bonchev–Trinajstić information content (AvgIpc) is 2.65. The van der Waals surface area contributed by atoms with Gasteiger partial charge < -0.3 is 14.4 Å². The van der Waals surface area contributed by atoms with Crippen LogP contribution in [0.1, 0.15) is 37.7 Å². The molecule has 1 aromatic carbocycles. The molecular weight excluding hydrogens is 334 g/mol. The van der Waals surface area contributed by atoms with Crippen molar-refractivity contribution in [2.24, 2.45) is 0 Å². The van der Waals surface area contributed by atoms with Gasteiger partial charge >= 0.3 is 0 Å². The minimum Gasteiger partial charge on any atom is -0.493 e. The quantitative estimate of drug-likeness (QED) is 0.656. The number of allylic oxidation sites excluding steroid dienone is 2. The summed E-state index contributed by atoms with van der Waals surface area (Å²) in [5, 5.41) is 0. The lowest BCUT2D eigenvalue weighted by atomic mass is 10.0. The van der Waals surface area contributed by atoms with Crippen LogP contribution in [-0.2, 0) is 11.2 Å². The van der Waals surface area contributed by atoms with Crippen LogP contribution in [0.3, 0.4) is 0 Å². The number of hydrogen-bond acceptors (Lipinski definition) is 4. The first kappa shape index (κ1) is 19.7. The number of methoxy groups -OCH3 is 2. The Bertz CT molecular complexity index is 601. The standard InChI is InChI=1S/C20H29NO3S/c1-23-18-12-11-16(14-19(18)24-2)8-7-13-21(20(22)15-25-3)17-9-5-4-6-10-17/h9,11-12,14H,4-8,10,13,15H2,1-3H3. The summed E-state index contributed by atoms with van der Waals surface area (Å²) in [6.45, 7) is 0.777. The average molecular weight is 364 g/mol. The molecule has 5 heteroatoms. The lowest BCUT2D eigenvalue weighted by Crippen LogP contribution is -2.33. The number of carbonyl (C=O) groups excluding carboxylic acids is 1. The van der Waals surface area contributed by atoms with E-state index < -0.39 is 0 Å². The van der Waals surface area contributed by atoms with Gasteiger partial charge in [-0.15, -0.1) is 0 Å². The first-order valence-corrected chi connectivity index (χ1v) is 10.3. The summed E-state index contributed by atoms with van der Waals surface area (Å²) in [6, 6.07) is 6.02. The zero-order valence-electron chi connectivity index (χ0n) is 15.5. The summed E-state index contributed by atoms with van der Waals surface area (Å²) in [5.74, 6) is 2.28. The van der Waals surface area contributed by atoms with Crippen molar-refractivity contribution < 1.29 is 14.3 Å². The van der Waals surface area contributed by atoms with Gasteiger partial charge in [-0.1, -0.05) is 12.1 Å². The molecule has 1 aliphatic carbocycles. The zero-order valence-corrected chi connectivity index (χ0v) is 16.4. The van der Waals surface area contributed by atoms with E-state index >= 15 is 0 Å². The Morgan fingerprint density at radius 2 is 2.00 bits per heavy atom. The van der Waals surface area contributed by atoms with Gasteiger partial charge in [-0.2, -0.15) is 11.8 Å². The second kappa shape index (κ2) is 10.4. The Morgan fingerprint density at radius 3 is 2.64 bits per heavy atom. The normalized spacial score (nSPS) is 14.0. The summed E-state index contributed by atoms with van der Waals surface area (Å²) < 4.78 is 10.7. The van der Waals surface area contributed by atoms with Crippen LogP contribution in [0.25, 0.3) is 0 Å². The molecule has 1 aromatic rings. The lowest BCUT2D eigenvalue weighted by Gasteiger charge is -2.27. The topological polar surface area (TPSA) is 38.8 Å². The molecule has 4 nitrogen and oxygen atoms in total. The second-order valence-corrected chi connectivity index (χ2v) is 7.08. The summed E-state index contributed by atoms with van der Waals surface area (Å²) >= 11 is 1.59. The number of amides is 1. The maximum Gasteiger partial charge on any atom is 0.236 e. The van der Waals surface area contributed by atoms with Crippen LogP contribution < -0.4 is 9.47 Å². The van der Waals surface area contributed by atoms with Gasteiger partial charge in [0.05, 0.1) is 20.0 Å². The zero-order chi connectivity index (χ0) is 18.1. The van der Waals surface area contributed by atoms with Crippen molar-refractivity contribution in [1.29, 1.82) is 0 Å². The van der Waals surface area contributed by atoms with Gasteiger partial charge in [0.1, 0.15) is 0 Å². The van der Waals surface area contributed by atoms with Crippen molar-refractivity contribution in [2.45, 2.75) is 38.5 Å². The molecule has 0 radical (unpaired) electrons. The highest BCUT2D eigenvalue weighted by Crippen LogP contribution is 2.28.